The highest BCUT2D eigenvalue weighted by molar-refractivity contribution is 6.35. The number of carbonyl (C=O) groups excluding carboxylic acids is 1. The first-order chi connectivity index (χ1) is 9.58. The van der Waals surface area contributed by atoms with Gasteiger partial charge in [0.2, 0.25) is 5.91 Å². The van der Waals surface area contributed by atoms with Crippen LogP contribution in [0.15, 0.2) is 18.2 Å². The molecule has 1 heterocycles. The number of hydrogen-bond acceptors (Lipinski definition) is 3. The maximum Gasteiger partial charge on any atom is 0.238 e. The molecule has 2 N–H and O–H groups in total. The second-order valence-electron chi connectivity index (χ2n) is 5.10. The van der Waals surface area contributed by atoms with Crippen LogP contribution in [0, 0.1) is 5.92 Å². The van der Waals surface area contributed by atoms with E-state index < -0.39 is 0 Å². The molecule has 1 aliphatic rings. The van der Waals surface area contributed by atoms with Crippen LogP contribution in [0.25, 0.3) is 0 Å². The van der Waals surface area contributed by atoms with Crippen LogP contribution in [-0.2, 0) is 4.79 Å². The van der Waals surface area contributed by atoms with Crippen molar-refractivity contribution in [3.8, 4) is 0 Å². The number of benzene rings is 1. The third-order valence-electron chi connectivity index (χ3n) is 3.43. The second kappa shape index (κ2) is 7.27. The molecule has 1 aromatic carbocycles. The summed E-state index contributed by atoms with van der Waals surface area (Å²) in [4.78, 5) is 14.1. The molecule has 1 fully saturated rings. The fourth-order valence-electron chi connectivity index (χ4n) is 2.43. The van der Waals surface area contributed by atoms with Gasteiger partial charge in [-0.2, -0.15) is 0 Å². The van der Waals surface area contributed by atoms with Crippen molar-refractivity contribution in [2.45, 2.75) is 12.8 Å². The predicted octanol–water partition coefficient (Wildman–Crippen LogP) is 2.64. The van der Waals surface area contributed by atoms with Crippen molar-refractivity contribution in [1.29, 1.82) is 0 Å². The number of hydrogen-bond donors (Lipinski definition) is 2. The number of aliphatic hydroxyl groups is 1. The summed E-state index contributed by atoms with van der Waals surface area (Å²) in [6.45, 7) is 2.12. The Kier molecular flexibility index (Phi) is 5.66. The lowest BCUT2D eigenvalue weighted by molar-refractivity contribution is -0.117. The topological polar surface area (TPSA) is 52.6 Å². The normalized spacial score (nSPS) is 19.9. The van der Waals surface area contributed by atoms with Crippen LogP contribution in [0.5, 0.6) is 0 Å². The van der Waals surface area contributed by atoms with E-state index in [1.165, 1.54) is 0 Å². The highest BCUT2D eigenvalue weighted by Gasteiger charge is 2.21. The van der Waals surface area contributed by atoms with Crippen molar-refractivity contribution < 1.29 is 9.90 Å². The summed E-state index contributed by atoms with van der Waals surface area (Å²) in [5, 5.41) is 13.0. The number of nitrogens with zero attached hydrogens (tertiary/aromatic N) is 1. The number of carbonyl (C=O) groups is 1. The first kappa shape index (κ1) is 15.6. The van der Waals surface area contributed by atoms with Gasteiger partial charge in [-0.05, 0) is 43.5 Å². The second-order valence-corrected chi connectivity index (χ2v) is 5.94. The molecule has 1 amide bonds. The Hall–Kier alpha value is -0.810. The Bertz CT molecular complexity index is 482. The predicted molar refractivity (Wildman–Crippen MR) is 81.3 cm³/mol. The molecule has 1 aromatic rings. The van der Waals surface area contributed by atoms with Gasteiger partial charge in [-0.15, -0.1) is 0 Å². The lowest BCUT2D eigenvalue weighted by atomic mass is 9.99. The van der Waals surface area contributed by atoms with E-state index in [0.29, 0.717) is 22.3 Å². The molecule has 0 bridgehead atoms. The summed E-state index contributed by atoms with van der Waals surface area (Å²) < 4.78 is 0. The number of halogens is 2. The first-order valence-corrected chi connectivity index (χ1v) is 7.42. The van der Waals surface area contributed by atoms with Crippen LogP contribution in [-0.4, -0.2) is 42.2 Å². The minimum Gasteiger partial charge on any atom is -0.396 e. The van der Waals surface area contributed by atoms with E-state index in [1.807, 2.05) is 0 Å². The smallest absolute Gasteiger partial charge is 0.238 e. The van der Waals surface area contributed by atoms with Gasteiger partial charge in [-0.3, -0.25) is 9.69 Å². The third kappa shape index (κ3) is 4.35. The van der Waals surface area contributed by atoms with Gasteiger partial charge in [0.05, 0.1) is 17.3 Å². The van der Waals surface area contributed by atoms with Gasteiger partial charge in [0.25, 0.3) is 0 Å². The van der Waals surface area contributed by atoms with Crippen molar-refractivity contribution >= 4 is 34.8 Å². The van der Waals surface area contributed by atoms with Gasteiger partial charge in [0.15, 0.2) is 0 Å². The first-order valence-electron chi connectivity index (χ1n) is 6.66. The zero-order chi connectivity index (χ0) is 14.5. The quantitative estimate of drug-likeness (QED) is 0.897. The van der Waals surface area contributed by atoms with E-state index in [-0.39, 0.29) is 18.4 Å². The number of nitrogens with one attached hydrogen (secondary N) is 1. The highest BCUT2D eigenvalue weighted by Crippen LogP contribution is 2.25. The van der Waals surface area contributed by atoms with Crippen molar-refractivity contribution in [3.05, 3.63) is 28.2 Å². The van der Waals surface area contributed by atoms with Crippen LogP contribution in [0.2, 0.25) is 10.0 Å². The standard InChI is InChI=1S/C14H18Cl2N2O2/c15-11-3-4-12(16)13(6-11)17-14(20)8-18-5-1-2-10(7-18)9-19/h3-4,6,10,19H,1-2,5,7-9H2,(H,17,20). The van der Waals surface area contributed by atoms with Gasteiger partial charge in [-0.1, -0.05) is 23.2 Å². The molecule has 0 saturated carbocycles. The molecule has 110 valence electrons. The van der Waals surface area contributed by atoms with Gasteiger partial charge in [-0.25, -0.2) is 0 Å². The average Bonchev–Trinajstić information content (AvgIpc) is 2.43. The van der Waals surface area contributed by atoms with Gasteiger partial charge >= 0.3 is 0 Å². The van der Waals surface area contributed by atoms with Crippen LogP contribution in [0.3, 0.4) is 0 Å². The summed E-state index contributed by atoms with van der Waals surface area (Å²) in [5.41, 5.74) is 0.528. The van der Waals surface area contributed by atoms with E-state index in [4.69, 9.17) is 23.2 Å². The molecule has 2 rings (SSSR count). The van der Waals surface area contributed by atoms with Crippen LogP contribution < -0.4 is 5.32 Å². The summed E-state index contributed by atoms with van der Waals surface area (Å²) in [6, 6.07) is 4.97. The van der Waals surface area contributed by atoms with Crippen LogP contribution in [0.4, 0.5) is 5.69 Å². The lowest BCUT2D eigenvalue weighted by Gasteiger charge is -2.31. The molecule has 1 atom stereocenters. The van der Waals surface area contributed by atoms with Crippen LogP contribution in [0.1, 0.15) is 12.8 Å². The summed E-state index contributed by atoms with van der Waals surface area (Å²) in [6.07, 6.45) is 2.03. The van der Waals surface area contributed by atoms with E-state index in [9.17, 15) is 9.90 Å². The number of piperidine rings is 1. The Balaban J connectivity index is 1.90. The Morgan fingerprint density at radius 1 is 1.45 bits per heavy atom. The van der Waals surface area contributed by atoms with Crippen LogP contribution >= 0.6 is 23.2 Å². The summed E-state index contributed by atoms with van der Waals surface area (Å²) >= 11 is 11.9. The number of amides is 1. The van der Waals surface area contributed by atoms with Gasteiger partial charge in [0.1, 0.15) is 0 Å². The van der Waals surface area contributed by atoms with Gasteiger partial charge in [0, 0.05) is 18.2 Å². The Morgan fingerprint density at radius 2 is 2.25 bits per heavy atom. The molecule has 1 unspecified atom stereocenters. The largest absolute Gasteiger partial charge is 0.396 e. The number of likely N-dealkylation sites (tertiary alicyclic amines) is 1. The Labute approximate surface area is 128 Å². The molecule has 4 nitrogen and oxygen atoms in total. The fraction of sp³-hybridized carbons (Fsp3) is 0.500. The van der Waals surface area contributed by atoms with Crippen molar-refractivity contribution in [3.63, 3.8) is 0 Å². The van der Waals surface area contributed by atoms with E-state index in [1.54, 1.807) is 18.2 Å². The number of aliphatic hydroxyl groups excluding tert-OH is 1. The average molecular weight is 317 g/mol. The SMILES string of the molecule is O=C(CN1CCCC(CO)C1)Nc1cc(Cl)ccc1Cl. The molecule has 0 aliphatic carbocycles. The van der Waals surface area contributed by atoms with Crippen molar-refractivity contribution in [2.75, 3.05) is 31.6 Å². The van der Waals surface area contributed by atoms with Crippen molar-refractivity contribution in [2.24, 2.45) is 5.92 Å². The molecular formula is C14H18Cl2N2O2. The molecule has 0 spiro atoms. The molecule has 0 radical (unpaired) electrons. The third-order valence-corrected chi connectivity index (χ3v) is 4.00. The molecular weight excluding hydrogens is 299 g/mol. The maximum absolute atomic E-state index is 12.0. The zero-order valence-electron chi connectivity index (χ0n) is 11.1. The minimum absolute atomic E-state index is 0.118. The molecule has 6 heteroatoms. The van der Waals surface area contributed by atoms with E-state index in [0.717, 1.165) is 25.9 Å². The number of rotatable bonds is 4. The number of anilines is 1. The fourth-order valence-corrected chi connectivity index (χ4v) is 2.77. The Morgan fingerprint density at radius 3 is 3.00 bits per heavy atom. The monoisotopic (exact) mass is 316 g/mol. The maximum atomic E-state index is 12.0. The van der Waals surface area contributed by atoms with E-state index >= 15 is 0 Å². The molecule has 20 heavy (non-hydrogen) atoms. The van der Waals surface area contributed by atoms with E-state index in [2.05, 4.69) is 10.2 Å². The van der Waals surface area contributed by atoms with Crippen molar-refractivity contribution in [1.82, 2.24) is 4.90 Å². The highest BCUT2D eigenvalue weighted by atomic mass is 35.5. The minimum atomic E-state index is -0.118. The summed E-state index contributed by atoms with van der Waals surface area (Å²) in [7, 11) is 0. The lowest BCUT2D eigenvalue weighted by Crippen LogP contribution is -2.41. The summed E-state index contributed by atoms with van der Waals surface area (Å²) in [5.74, 6) is 0.152. The van der Waals surface area contributed by atoms with Gasteiger partial charge < -0.3 is 10.4 Å². The zero-order valence-corrected chi connectivity index (χ0v) is 12.6. The molecule has 1 aliphatic heterocycles. The molecule has 0 aromatic heterocycles. The molecule has 1 saturated heterocycles.